The highest BCUT2D eigenvalue weighted by Crippen LogP contribution is 2.35. The Balaban J connectivity index is 1.99. The van der Waals surface area contributed by atoms with Gasteiger partial charge in [0.1, 0.15) is 10.6 Å². The van der Waals surface area contributed by atoms with Crippen LogP contribution in [0.15, 0.2) is 34.2 Å². The number of carboxylic acids is 1. The van der Waals surface area contributed by atoms with Crippen molar-refractivity contribution in [2.75, 3.05) is 5.75 Å². The van der Waals surface area contributed by atoms with Crippen molar-refractivity contribution >= 4 is 39.3 Å². The number of aryl methyl sites for hydroxylation is 2. The van der Waals surface area contributed by atoms with E-state index in [1.165, 1.54) is 39.0 Å². The SMILES string of the molecule is O=C(O)CSc1nc2sc3c(c2c(=O)n1-c1cccc(F)c1)CCCC3. The molecule has 26 heavy (non-hydrogen) atoms. The number of benzene rings is 1. The third-order valence-electron chi connectivity index (χ3n) is 4.35. The number of thiophene rings is 1. The number of hydrogen-bond acceptors (Lipinski definition) is 5. The van der Waals surface area contributed by atoms with Crippen LogP contribution >= 0.6 is 23.1 Å². The molecule has 0 unspecified atom stereocenters. The van der Waals surface area contributed by atoms with Gasteiger partial charge in [0, 0.05) is 4.88 Å². The molecular weight excluding hydrogens is 375 g/mol. The minimum atomic E-state index is -0.999. The Kier molecular flexibility index (Phi) is 4.54. The molecule has 1 aromatic carbocycles. The highest BCUT2D eigenvalue weighted by molar-refractivity contribution is 7.99. The Morgan fingerprint density at radius 1 is 1.35 bits per heavy atom. The first-order chi connectivity index (χ1) is 12.5. The van der Waals surface area contributed by atoms with Crippen LogP contribution in [0.2, 0.25) is 0 Å². The molecule has 0 atom stereocenters. The molecule has 5 nitrogen and oxygen atoms in total. The highest BCUT2D eigenvalue weighted by atomic mass is 32.2. The molecule has 4 rings (SSSR count). The largest absolute Gasteiger partial charge is 0.481 e. The van der Waals surface area contributed by atoms with Gasteiger partial charge in [0.05, 0.1) is 16.8 Å². The number of thioether (sulfide) groups is 1. The van der Waals surface area contributed by atoms with Gasteiger partial charge < -0.3 is 5.11 Å². The summed E-state index contributed by atoms with van der Waals surface area (Å²) in [7, 11) is 0. The van der Waals surface area contributed by atoms with Gasteiger partial charge in [0.2, 0.25) is 0 Å². The third-order valence-corrected chi connectivity index (χ3v) is 6.46. The Morgan fingerprint density at radius 3 is 2.92 bits per heavy atom. The van der Waals surface area contributed by atoms with E-state index in [1.54, 1.807) is 6.07 Å². The van der Waals surface area contributed by atoms with Crippen molar-refractivity contribution in [3.63, 3.8) is 0 Å². The first-order valence-electron chi connectivity index (χ1n) is 8.22. The number of carboxylic acid groups (broad SMARTS) is 1. The topological polar surface area (TPSA) is 72.2 Å². The lowest BCUT2D eigenvalue weighted by Crippen LogP contribution is -2.22. The zero-order valence-corrected chi connectivity index (χ0v) is 15.3. The van der Waals surface area contributed by atoms with Gasteiger partial charge in [-0.05, 0) is 49.4 Å². The average molecular weight is 390 g/mol. The first kappa shape index (κ1) is 17.2. The smallest absolute Gasteiger partial charge is 0.313 e. The van der Waals surface area contributed by atoms with Crippen LogP contribution in [-0.2, 0) is 17.6 Å². The van der Waals surface area contributed by atoms with Gasteiger partial charge in [0.15, 0.2) is 5.16 Å². The van der Waals surface area contributed by atoms with Gasteiger partial charge >= 0.3 is 5.97 Å². The van der Waals surface area contributed by atoms with Crippen LogP contribution in [0.25, 0.3) is 15.9 Å². The maximum atomic E-state index is 13.7. The lowest BCUT2D eigenvalue weighted by atomic mass is 9.97. The van der Waals surface area contributed by atoms with Crippen LogP contribution < -0.4 is 5.56 Å². The number of aromatic nitrogens is 2. The van der Waals surface area contributed by atoms with Crippen molar-refractivity contribution in [3.05, 3.63) is 50.9 Å². The normalized spacial score (nSPS) is 13.7. The Bertz CT molecular complexity index is 1070. The predicted octanol–water partition coefficient (Wildman–Crippen LogP) is 3.64. The van der Waals surface area contributed by atoms with Gasteiger partial charge in [-0.3, -0.25) is 14.2 Å². The molecule has 1 aliphatic rings. The van der Waals surface area contributed by atoms with Crippen LogP contribution in [0, 0.1) is 5.82 Å². The molecule has 0 radical (unpaired) electrons. The summed E-state index contributed by atoms with van der Waals surface area (Å²) in [4.78, 5) is 30.7. The highest BCUT2D eigenvalue weighted by Gasteiger charge is 2.23. The van der Waals surface area contributed by atoms with E-state index < -0.39 is 11.8 Å². The molecule has 0 saturated heterocycles. The zero-order valence-electron chi connectivity index (χ0n) is 13.7. The lowest BCUT2D eigenvalue weighted by molar-refractivity contribution is -0.133. The van der Waals surface area contributed by atoms with E-state index in [0.717, 1.165) is 43.0 Å². The second-order valence-electron chi connectivity index (χ2n) is 6.09. The Hall–Kier alpha value is -2.19. The Morgan fingerprint density at radius 2 is 2.15 bits per heavy atom. The lowest BCUT2D eigenvalue weighted by Gasteiger charge is -2.13. The quantitative estimate of drug-likeness (QED) is 0.544. The van der Waals surface area contributed by atoms with E-state index in [9.17, 15) is 14.0 Å². The summed E-state index contributed by atoms with van der Waals surface area (Å²) in [6.07, 6.45) is 3.91. The van der Waals surface area contributed by atoms with Gasteiger partial charge in [-0.1, -0.05) is 17.8 Å². The van der Waals surface area contributed by atoms with Crippen molar-refractivity contribution in [3.8, 4) is 5.69 Å². The standard InChI is InChI=1S/C18H15FN2O3S2/c19-10-4-3-5-11(8-10)21-17(24)15-12-6-1-2-7-13(12)26-16(15)20-18(21)25-9-14(22)23/h3-5,8H,1-2,6-7,9H2,(H,22,23). The molecule has 2 aromatic heterocycles. The summed E-state index contributed by atoms with van der Waals surface area (Å²) in [5.41, 5.74) is 1.15. The summed E-state index contributed by atoms with van der Waals surface area (Å²) >= 11 is 2.48. The van der Waals surface area contributed by atoms with Crippen molar-refractivity contribution in [2.24, 2.45) is 0 Å². The molecule has 2 heterocycles. The van der Waals surface area contributed by atoms with Crippen molar-refractivity contribution < 1.29 is 14.3 Å². The van der Waals surface area contributed by atoms with E-state index in [2.05, 4.69) is 4.98 Å². The van der Waals surface area contributed by atoms with E-state index in [1.807, 2.05) is 0 Å². The summed E-state index contributed by atoms with van der Waals surface area (Å²) in [6, 6.07) is 5.72. The van der Waals surface area contributed by atoms with Crippen LogP contribution in [0.1, 0.15) is 23.3 Å². The number of aliphatic carboxylic acids is 1. The molecule has 134 valence electrons. The van der Waals surface area contributed by atoms with Gasteiger partial charge in [-0.25, -0.2) is 9.37 Å². The number of hydrogen-bond donors (Lipinski definition) is 1. The summed E-state index contributed by atoms with van der Waals surface area (Å²) in [5.74, 6) is -1.69. The molecule has 8 heteroatoms. The molecule has 1 N–H and O–H groups in total. The summed E-state index contributed by atoms with van der Waals surface area (Å²) in [6.45, 7) is 0. The maximum absolute atomic E-state index is 13.7. The number of carbonyl (C=O) groups is 1. The molecule has 0 spiro atoms. The fourth-order valence-corrected chi connectivity index (χ4v) is 5.29. The van der Waals surface area contributed by atoms with Gasteiger partial charge in [-0.15, -0.1) is 11.3 Å². The second kappa shape index (κ2) is 6.85. The molecule has 1 aliphatic carbocycles. The molecule has 0 amide bonds. The second-order valence-corrected chi connectivity index (χ2v) is 8.11. The predicted molar refractivity (Wildman–Crippen MR) is 100 cm³/mol. The van der Waals surface area contributed by atoms with Gasteiger partial charge in [0.25, 0.3) is 5.56 Å². The molecule has 0 aliphatic heterocycles. The van der Waals surface area contributed by atoms with E-state index in [0.29, 0.717) is 15.9 Å². The van der Waals surface area contributed by atoms with Crippen LogP contribution in [-0.4, -0.2) is 26.4 Å². The molecule has 3 aromatic rings. The minimum Gasteiger partial charge on any atom is -0.481 e. The summed E-state index contributed by atoms with van der Waals surface area (Å²) in [5, 5.41) is 9.87. The fourth-order valence-electron chi connectivity index (χ4n) is 3.25. The number of halogens is 1. The first-order valence-corrected chi connectivity index (χ1v) is 10.0. The van der Waals surface area contributed by atoms with Crippen LogP contribution in [0.4, 0.5) is 4.39 Å². The molecular formula is C18H15FN2O3S2. The van der Waals surface area contributed by atoms with Crippen LogP contribution in [0.5, 0.6) is 0 Å². The maximum Gasteiger partial charge on any atom is 0.313 e. The number of rotatable bonds is 4. The Labute approximate surface area is 156 Å². The van der Waals surface area contributed by atoms with Crippen molar-refractivity contribution in [1.82, 2.24) is 9.55 Å². The molecule has 0 bridgehead atoms. The zero-order chi connectivity index (χ0) is 18.3. The van der Waals surface area contributed by atoms with Crippen molar-refractivity contribution in [2.45, 2.75) is 30.8 Å². The fraction of sp³-hybridized carbons (Fsp3) is 0.278. The summed E-state index contributed by atoms with van der Waals surface area (Å²) < 4.78 is 15.1. The van der Waals surface area contributed by atoms with Crippen LogP contribution in [0.3, 0.4) is 0 Å². The third kappa shape index (κ3) is 3.03. The van der Waals surface area contributed by atoms with Crippen molar-refractivity contribution in [1.29, 1.82) is 0 Å². The minimum absolute atomic E-state index is 0.224. The van der Waals surface area contributed by atoms with E-state index in [-0.39, 0.29) is 16.5 Å². The number of fused-ring (bicyclic) bond motifs is 3. The molecule has 0 saturated carbocycles. The average Bonchev–Trinajstić information content (AvgIpc) is 2.98. The number of nitrogens with zero attached hydrogens (tertiary/aromatic N) is 2. The van der Waals surface area contributed by atoms with E-state index >= 15 is 0 Å². The molecule has 0 fully saturated rings. The van der Waals surface area contributed by atoms with E-state index in [4.69, 9.17) is 5.11 Å². The van der Waals surface area contributed by atoms with Gasteiger partial charge in [-0.2, -0.15) is 0 Å². The monoisotopic (exact) mass is 390 g/mol.